The maximum atomic E-state index is 11.5. The zero-order valence-electron chi connectivity index (χ0n) is 13.9. The molecule has 1 heterocycles. The molecule has 0 bridgehead atoms. The van der Waals surface area contributed by atoms with E-state index in [9.17, 15) is 14.7 Å². The summed E-state index contributed by atoms with van der Waals surface area (Å²) in [7, 11) is 1.91. The van der Waals surface area contributed by atoms with Crippen molar-refractivity contribution in [3.05, 3.63) is 35.9 Å². The number of carbonyl (C=O) groups excluding carboxylic acids is 1. The lowest BCUT2D eigenvalue weighted by molar-refractivity contribution is -0.208. The monoisotopic (exact) mass is 332 g/mol. The molecule has 1 N–H and O–H groups in total. The van der Waals surface area contributed by atoms with Gasteiger partial charge in [-0.2, -0.15) is 5.06 Å². The Balaban J connectivity index is 1.67. The van der Waals surface area contributed by atoms with Gasteiger partial charge < -0.3 is 9.90 Å². The normalized spacial score (nSPS) is 25.8. The molecule has 1 saturated heterocycles. The van der Waals surface area contributed by atoms with Gasteiger partial charge in [0, 0.05) is 13.6 Å². The second-order valence-corrected chi connectivity index (χ2v) is 6.86. The van der Waals surface area contributed by atoms with Crippen molar-refractivity contribution in [2.24, 2.45) is 5.41 Å². The van der Waals surface area contributed by atoms with E-state index in [0.717, 1.165) is 24.7 Å². The number of aldehydes is 1. The summed E-state index contributed by atoms with van der Waals surface area (Å²) in [4.78, 5) is 30.2. The van der Waals surface area contributed by atoms with Gasteiger partial charge in [0.15, 0.2) is 0 Å². The minimum atomic E-state index is -0.838. The molecule has 1 saturated carbocycles. The summed E-state index contributed by atoms with van der Waals surface area (Å²) < 4.78 is 0. The number of nitrogens with zero attached hydrogens (tertiary/aromatic N) is 2. The second kappa shape index (κ2) is 7.01. The average molecular weight is 332 g/mol. The Bertz CT molecular complexity index is 588. The standard InChI is InChI=1S/C18H24N2O4/c1-19(24-13-14-5-3-2-4-6-14)16-12-20(9-10-21)15(17(22)23)11-18(16)7-8-18/h2-6,10,15-16H,7-9,11-13H2,1H3,(H,22,23)/t15-,16-/m0/s1. The van der Waals surface area contributed by atoms with Gasteiger partial charge in [0.2, 0.25) is 0 Å². The Hall–Kier alpha value is -1.76. The number of hydroxylamine groups is 2. The summed E-state index contributed by atoms with van der Waals surface area (Å²) in [5.74, 6) is -0.838. The van der Waals surface area contributed by atoms with E-state index in [1.165, 1.54) is 0 Å². The van der Waals surface area contributed by atoms with Crippen LogP contribution in [0.5, 0.6) is 0 Å². The van der Waals surface area contributed by atoms with Crippen molar-refractivity contribution in [1.29, 1.82) is 0 Å². The first kappa shape index (κ1) is 17.1. The zero-order valence-corrected chi connectivity index (χ0v) is 13.9. The van der Waals surface area contributed by atoms with Crippen molar-refractivity contribution >= 4 is 12.3 Å². The molecule has 6 nitrogen and oxygen atoms in total. The summed E-state index contributed by atoms with van der Waals surface area (Å²) in [5.41, 5.74) is 1.10. The van der Waals surface area contributed by atoms with Crippen LogP contribution < -0.4 is 0 Å². The van der Waals surface area contributed by atoms with Gasteiger partial charge in [-0.25, -0.2) is 0 Å². The van der Waals surface area contributed by atoms with E-state index in [-0.39, 0.29) is 18.0 Å². The Labute approximate surface area is 142 Å². The van der Waals surface area contributed by atoms with Gasteiger partial charge in [0.1, 0.15) is 12.3 Å². The molecule has 1 spiro atoms. The molecule has 0 amide bonds. The first-order valence-corrected chi connectivity index (χ1v) is 8.36. The first-order valence-electron chi connectivity index (χ1n) is 8.36. The third-order valence-electron chi connectivity index (χ3n) is 5.36. The van der Waals surface area contributed by atoms with E-state index in [1.54, 1.807) is 4.90 Å². The molecule has 1 aliphatic carbocycles. The average Bonchev–Trinajstić information content (AvgIpc) is 3.35. The number of likely N-dealkylation sites (tertiary alicyclic amines) is 1. The SMILES string of the molecule is CN(OCc1ccccc1)[C@H]1CN(CC=O)[C@H](C(=O)O)CC12CC2. The fraction of sp³-hybridized carbons (Fsp3) is 0.556. The molecule has 0 unspecified atom stereocenters. The molecule has 2 atom stereocenters. The molecule has 6 heteroatoms. The maximum absolute atomic E-state index is 11.5. The molecular weight excluding hydrogens is 308 g/mol. The summed E-state index contributed by atoms with van der Waals surface area (Å²) in [6.45, 7) is 1.18. The summed E-state index contributed by atoms with van der Waals surface area (Å²) >= 11 is 0. The predicted molar refractivity (Wildman–Crippen MR) is 88.1 cm³/mol. The predicted octanol–water partition coefficient (Wildman–Crippen LogP) is 1.56. The van der Waals surface area contributed by atoms with Crippen LogP contribution in [-0.4, -0.2) is 59.5 Å². The number of hydrogen-bond acceptors (Lipinski definition) is 5. The Kier molecular flexibility index (Phi) is 4.99. The largest absolute Gasteiger partial charge is 0.480 e. The zero-order chi connectivity index (χ0) is 17.2. The molecule has 130 valence electrons. The van der Waals surface area contributed by atoms with Gasteiger partial charge in [-0.05, 0) is 30.2 Å². The van der Waals surface area contributed by atoms with Gasteiger partial charge in [-0.15, -0.1) is 0 Å². The molecule has 3 rings (SSSR count). The maximum Gasteiger partial charge on any atom is 0.320 e. The van der Waals surface area contributed by atoms with Gasteiger partial charge in [0.05, 0.1) is 19.2 Å². The number of piperidine rings is 1. The molecular formula is C18H24N2O4. The summed E-state index contributed by atoms with van der Waals surface area (Å²) in [6, 6.07) is 9.49. The van der Waals surface area contributed by atoms with Gasteiger partial charge in [-0.1, -0.05) is 30.3 Å². The van der Waals surface area contributed by atoms with Crippen molar-refractivity contribution in [3.8, 4) is 0 Å². The van der Waals surface area contributed by atoms with Crippen molar-refractivity contribution in [3.63, 3.8) is 0 Å². The number of benzene rings is 1. The van der Waals surface area contributed by atoms with Crippen LogP contribution in [0.2, 0.25) is 0 Å². The highest BCUT2D eigenvalue weighted by Gasteiger charge is 2.57. The van der Waals surface area contributed by atoms with E-state index in [4.69, 9.17) is 4.84 Å². The minimum absolute atomic E-state index is 0.00782. The molecule has 1 aromatic rings. The van der Waals surface area contributed by atoms with E-state index in [0.29, 0.717) is 19.6 Å². The van der Waals surface area contributed by atoms with Crippen LogP contribution in [-0.2, 0) is 21.0 Å². The molecule has 2 aliphatic rings. The number of aliphatic carboxylic acids is 1. The Morgan fingerprint density at radius 1 is 1.42 bits per heavy atom. The number of rotatable bonds is 7. The fourth-order valence-electron chi connectivity index (χ4n) is 3.77. The summed E-state index contributed by atoms with van der Waals surface area (Å²) in [6.07, 6.45) is 3.41. The van der Waals surface area contributed by atoms with Gasteiger partial charge in [-0.3, -0.25) is 14.5 Å². The highest BCUT2D eigenvalue weighted by molar-refractivity contribution is 5.74. The lowest BCUT2D eigenvalue weighted by Gasteiger charge is -2.45. The van der Waals surface area contributed by atoms with E-state index >= 15 is 0 Å². The third-order valence-corrected chi connectivity index (χ3v) is 5.36. The van der Waals surface area contributed by atoms with E-state index < -0.39 is 12.0 Å². The molecule has 1 aliphatic heterocycles. The third kappa shape index (κ3) is 3.50. The van der Waals surface area contributed by atoms with Crippen LogP contribution in [0, 0.1) is 5.41 Å². The smallest absolute Gasteiger partial charge is 0.320 e. The molecule has 0 radical (unpaired) electrons. The fourth-order valence-corrected chi connectivity index (χ4v) is 3.77. The minimum Gasteiger partial charge on any atom is -0.480 e. The lowest BCUT2D eigenvalue weighted by Crippen LogP contribution is -2.58. The topological polar surface area (TPSA) is 70.1 Å². The van der Waals surface area contributed by atoms with Crippen LogP contribution in [0.1, 0.15) is 24.8 Å². The van der Waals surface area contributed by atoms with Crippen molar-refractivity contribution in [1.82, 2.24) is 9.96 Å². The van der Waals surface area contributed by atoms with Crippen LogP contribution in [0.4, 0.5) is 0 Å². The lowest BCUT2D eigenvalue weighted by atomic mass is 9.83. The highest BCUT2D eigenvalue weighted by Crippen LogP contribution is 2.56. The van der Waals surface area contributed by atoms with Crippen LogP contribution in [0.25, 0.3) is 0 Å². The first-order chi connectivity index (χ1) is 11.6. The number of hydrogen-bond donors (Lipinski definition) is 1. The van der Waals surface area contributed by atoms with Gasteiger partial charge in [0.25, 0.3) is 0 Å². The second-order valence-electron chi connectivity index (χ2n) is 6.86. The summed E-state index contributed by atoms with van der Waals surface area (Å²) in [5, 5.41) is 11.3. The van der Waals surface area contributed by atoms with Crippen LogP contribution >= 0.6 is 0 Å². The van der Waals surface area contributed by atoms with Crippen LogP contribution in [0.3, 0.4) is 0 Å². The van der Waals surface area contributed by atoms with Crippen molar-refractivity contribution in [2.45, 2.75) is 38.0 Å². The highest BCUT2D eigenvalue weighted by atomic mass is 16.7. The van der Waals surface area contributed by atoms with Crippen molar-refractivity contribution in [2.75, 3.05) is 20.1 Å². The Morgan fingerprint density at radius 3 is 2.71 bits per heavy atom. The van der Waals surface area contributed by atoms with E-state index in [1.807, 2.05) is 42.4 Å². The molecule has 1 aromatic carbocycles. The van der Waals surface area contributed by atoms with E-state index in [2.05, 4.69) is 0 Å². The number of carboxylic acid groups (broad SMARTS) is 1. The molecule has 24 heavy (non-hydrogen) atoms. The van der Waals surface area contributed by atoms with Gasteiger partial charge >= 0.3 is 5.97 Å². The Morgan fingerprint density at radius 2 is 2.12 bits per heavy atom. The number of carboxylic acids is 1. The van der Waals surface area contributed by atoms with Crippen LogP contribution in [0.15, 0.2) is 30.3 Å². The molecule has 0 aromatic heterocycles. The number of likely N-dealkylation sites (N-methyl/N-ethyl adjacent to an activating group) is 1. The number of carbonyl (C=O) groups is 2. The molecule has 2 fully saturated rings. The quantitative estimate of drug-likeness (QED) is 0.603. The van der Waals surface area contributed by atoms with Crippen molar-refractivity contribution < 1.29 is 19.5 Å².